The van der Waals surface area contributed by atoms with Crippen molar-refractivity contribution in [2.75, 3.05) is 12.0 Å². The highest BCUT2D eigenvalue weighted by Gasteiger charge is 2.25. The first-order valence-electron chi connectivity index (χ1n) is 6.42. The molecule has 0 spiro atoms. The summed E-state index contributed by atoms with van der Waals surface area (Å²) in [5.74, 6) is 0. The van der Waals surface area contributed by atoms with E-state index >= 15 is 0 Å². The Labute approximate surface area is 119 Å². The predicted molar refractivity (Wildman–Crippen MR) is 80.7 cm³/mol. The molecule has 0 unspecified atom stereocenters. The van der Waals surface area contributed by atoms with Gasteiger partial charge in [0.2, 0.25) is 10.0 Å². The molecule has 0 bridgehead atoms. The van der Waals surface area contributed by atoms with Gasteiger partial charge in [-0.2, -0.15) is 11.8 Å². The SMILES string of the molecule is CSC1CCC(NS(=O)(=O)c2cccc(N)c2)CC1. The summed E-state index contributed by atoms with van der Waals surface area (Å²) in [5, 5.41) is 0.674. The number of nitrogen functional groups attached to an aromatic ring is 1. The van der Waals surface area contributed by atoms with Crippen LogP contribution in [-0.2, 0) is 10.0 Å². The summed E-state index contributed by atoms with van der Waals surface area (Å²) in [6.45, 7) is 0. The van der Waals surface area contributed by atoms with E-state index in [0.717, 1.165) is 25.7 Å². The third-order valence-electron chi connectivity index (χ3n) is 3.50. The van der Waals surface area contributed by atoms with E-state index in [-0.39, 0.29) is 10.9 Å². The maximum atomic E-state index is 12.2. The zero-order valence-corrected chi connectivity index (χ0v) is 12.6. The molecule has 1 aromatic carbocycles. The van der Waals surface area contributed by atoms with Gasteiger partial charge in [0.15, 0.2) is 0 Å². The first kappa shape index (κ1) is 14.7. The molecular weight excluding hydrogens is 280 g/mol. The fraction of sp³-hybridized carbons (Fsp3) is 0.538. The van der Waals surface area contributed by atoms with Crippen LogP contribution in [0.1, 0.15) is 25.7 Å². The van der Waals surface area contributed by atoms with Gasteiger partial charge in [-0.25, -0.2) is 13.1 Å². The lowest BCUT2D eigenvalue weighted by Crippen LogP contribution is -2.38. The molecule has 1 aromatic rings. The summed E-state index contributed by atoms with van der Waals surface area (Å²) in [6.07, 6.45) is 6.08. The molecule has 0 amide bonds. The van der Waals surface area contributed by atoms with Crippen LogP contribution in [0.15, 0.2) is 29.2 Å². The van der Waals surface area contributed by atoms with E-state index in [0.29, 0.717) is 10.9 Å². The number of nitrogens with two attached hydrogens (primary N) is 1. The molecule has 0 aromatic heterocycles. The highest BCUT2D eigenvalue weighted by Crippen LogP contribution is 2.27. The van der Waals surface area contributed by atoms with Gasteiger partial charge in [0.25, 0.3) is 0 Å². The second-order valence-electron chi connectivity index (χ2n) is 4.90. The monoisotopic (exact) mass is 300 g/mol. The Balaban J connectivity index is 2.02. The molecule has 0 saturated heterocycles. The highest BCUT2D eigenvalue weighted by atomic mass is 32.2. The van der Waals surface area contributed by atoms with Crippen LogP contribution in [0.25, 0.3) is 0 Å². The van der Waals surface area contributed by atoms with E-state index in [1.54, 1.807) is 18.2 Å². The molecule has 1 saturated carbocycles. The second-order valence-corrected chi connectivity index (χ2v) is 7.76. The molecule has 4 nitrogen and oxygen atoms in total. The smallest absolute Gasteiger partial charge is 0.240 e. The average molecular weight is 300 g/mol. The number of hydrogen-bond donors (Lipinski definition) is 2. The standard InChI is InChI=1S/C13H20N2O2S2/c1-18-12-7-5-11(6-8-12)15-19(16,17)13-4-2-3-10(14)9-13/h2-4,9,11-12,15H,5-8,14H2,1H3. The lowest BCUT2D eigenvalue weighted by atomic mass is 9.96. The Morgan fingerprint density at radius 1 is 1.26 bits per heavy atom. The zero-order chi connectivity index (χ0) is 13.9. The Morgan fingerprint density at radius 2 is 1.95 bits per heavy atom. The lowest BCUT2D eigenvalue weighted by Gasteiger charge is -2.27. The summed E-state index contributed by atoms with van der Waals surface area (Å²) in [7, 11) is -3.44. The van der Waals surface area contributed by atoms with Gasteiger partial charge < -0.3 is 5.73 Å². The Bertz CT molecular complexity index is 523. The molecule has 19 heavy (non-hydrogen) atoms. The quantitative estimate of drug-likeness (QED) is 0.836. The van der Waals surface area contributed by atoms with Gasteiger partial charge in [0.1, 0.15) is 0 Å². The highest BCUT2D eigenvalue weighted by molar-refractivity contribution is 7.99. The summed E-state index contributed by atoms with van der Waals surface area (Å²) < 4.78 is 27.3. The summed E-state index contributed by atoms with van der Waals surface area (Å²) in [5.41, 5.74) is 6.10. The number of sulfonamides is 1. The number of rotatable bonds is 4. The van der Waals surface area contributed by atoms with Crippen LogP contribution in [0.4, 0.5) is 5.69 Å². The minimum Gasteiger partial charge on any atom is -0.399 e. The van der Waals surface area contributed by atoms with Gasteiger partial charge in [-0.3, -0.25) is 0 Å². The second kappa shape index (κ2) is 6.15. The third-order valence-corrected chi connectivity index (χ3v) is 6.15. The Kier molecular flexibility index (Phi) is 4.76. The van der Waals surface area contributed by atoms with Gasteiger partial charge in [0.05, 0.1) is 4.90 Å². The van der Waals surface area contributed by atoms with Crippen LogP contribution in [0.2, 0.25) is 0 Å². The van der Waals surface area contributed by atoms with Crippen LogP contribution >= 0.6 is 11.8 Å². The van der Waals surface area contributed by atoms with E-state index in [1.165, 1.54) is 6.07 Å². The minimum absolute atomic E-state index is 0.0508. The van der Waals surface area contributed by atoms with Crippen molar-refractivity contribution in [2.24, 2.45) is 0 Å². The van der Waals surface area contributed by atoms with Gasteiger partial charge in [-0.05, 0) is 50.1 Å². The van der Waals surface area contributed by atoms with Crippen molar-refractivity contribution < 1.29 is 8.42 Å². The molecule has 1 fully saturated rings. The number of hydrogen-bond acceptors (Lipinski definition) is 4. The minimum atomic E-state index is -3.44. The van der Waals surface area contributed by atoms with Crippen LogP contribution in [0.5, 0.6) is 0 Å². The average Bonchev–Trinajstić information content (AvgIpc) is 2.39. The van der Waals surface area contributed by atoms with E-state index < -0.39 is 10.0 Å². The van der Waals surface area contributed by atoms with Crippen molar-refractivity contribution in [2.45, 2.75) is 41.9 Å². The van der Waals surface area contributed by atoms with Gasteiger partial charge >= 0.3 is 0 Å². The first-order chi connectivity index (χ1) is 9.01. The van der Waals surface area contributed by atoms with Crippen LogP contribution in [-0.4, -0.2) is 26.0 Å². The fourth-order valence-electron chi connectivity index (χ4n) is 2.39. The number of thioether (sulfide) groups is 1. The van der Waals surface area contributed by atoms with Gasteiger partial charge in [0, 0.05) is 17.0 Å². The fourth-order valence-corrected chi connectivity index (χ4v) is 4.49. The van der Waals surface area contributed by atoms with Gasteiger partial charge in [-0.15, -0.1) is 0 Å². The molecule has 0 heterocycles. The molecule has 1 aliphatic rings. The molecule has 0 aliphatic heterocycles. The summed E-state index contributed by atoms with van der Waals surface area (Å²) in [4.78, 5) is 0.250. The van der Waals surface area contributed by atoms with Crippen molar-refractivity contribution >= 4 is 27.5 Å². The van der Waals surface area contributed by atoms with Crippen molar-refractivity contribution in [3.05, 3.63) is 24.3 Å². The van der Waals surface area contributed by atoms with E-state index in [4.69, 9.17) is 5.73 Å². The van der Waals surface area contributed by atoms with Crippen LogP contribution in [0.3, 0.4) is 0 Å². The van der Waals surface area contributed by atoms with Crippen LogP contribution < -0.4 is 10.5 Å². The van der Waals surface area contributed by atoms with E-state index in [9.17, 15) is 8.42 Å². The molecule has 1 aliphatic carbocycles. The van der Waals surface area contributed by atoms with E-state index in [2.05, 4.69) is 11.0 Å². The number of benzene rings is 1. The molecule has 6 heteroatoms. The molecule has 3 N–H and O–H groups in total. The Hall–Kier alpha value is -0.720. The molecule has 106 valence electrons. The van der Waals surface area contributed by atoms with Crippen molar-refractivity contribution in [1.82, 2.24) is 4.72 Å². The van der Waals surface area contributed by atoms with E-state index in [1.807, 2.05) is 11.8 Å². The lowest BCUT2D eigenvalue weighted by molar-refractivity contribution is 0.420. The normalized spacial score (nSPS) is 24.3. The summed E-state index contributed by atoms with van der Waals surface area (Å²) in [6, 6.07) is 6.47. The molecule has 0 atom stereocenters. The Morgan fingerprint density at radius 3 is 2.53 bits per heavy atom. The predicted octanol–water partition coefficient (Wildman–Crippen LogP) is 2.22. The van der Waals surface area contributed by atoms with Crippen molar-refractivity contribution in [1.29, 1.82) is 0 Å². The maximum absolute atomic E-state index is 12.2. The molecule has 2 rings (SSSR count). The zero-order valence-electron chi connectivity index (χ0n) is 11.0. The van der Waals surface area contributed by atoms with Crippen molar-refractivity contribution in [3.63, 3.8) is 0 Å². The van der Waals surface area contributed by atoms with Gasteiger partial charge in [-0.1, -0.05) is 6.07 Å². The summed E-state index contributed by atoms with van der Waals surface area (Å²) >= 11 is 1.87. The number of anilines is 1. The third kappa shape index (κ3) is 3.87. The van der Waals surface area contributed by atoms with Crippen molar-refractivity contribution in [3.8, 4) is 0 Å². The molecule has 0 radical (unpaired) electrons. The number of nitrogens with one attached hydrogen (secondary N) is 1. The maximum Gasteiger partial charge on any atom is 0.240 e. The van der Waals surface area contributed by atoms with Crippen LogP contribution in [0, 0.1) is 0 Å². The largest absolute Gasteiger partial charge is 0.399 e. The topological polar surface area (TPSA) is 72.2 Å². The first-order valence-corrected chi connectivity index (χ1v) is 9.19. The molecular formula is C13H20N2O2S2.